The number of halogens is 3. The molecule has 0 saturated carbocycles. The van der Waals surface area contributed by atoms with Gasteiger partial charge in [-0.05, 0) is 86.0 Å². The summed E-state index contributed by atoms with van der Waals surface area (Å²) < 4.78 is 38.7. The van der Waals surface area contributed by atoms with Gasteiger partial charge in [0, 0.05) is 0 Å². The van der Waals surface area contributed by atoms with Crippen LogP contribution in [0.25, 0.3) is 51.1 Å². The van der Waals surface area contributed by atoms with Crippen molar-refractivity contribution in [3.8, 4) is 33.4 Å². The maximum absolute atomic E-state index is 12.9. The molecule has 0 aromatic heterocycles. The molecule has 3 heteroatoms. The van der Waals surface area contributed by atoms with Crippen LogP contribution < -0.4 is 10.4 Å². The molecule has 1 aliphatic rings. The Morgan fingerprint density at radius 3 is 1.52 bits per heavy atom. The van der Waals surface area contributed by atoms with E-state index in [1.165, 1.54) is 33.7 Å². The van der Waals surface area contributed by atoms with Gasteiger partial charge in [0.05, 0.1) is 5.56 Å². The van der Waals surface area contributed by atoms with Crippen molar-refractivity contribution < 1.29 is 13.2 Å². The Labute approximate surface area is 232 Å². The normalized spacial score (nSPS) is 16.2. The molecule has 0 fully saturated rings. The molecule has 6 rings (SSSR count). The zero-order chi connectivity index (χ0) is 27.5. The summed E-state index contributed by atoms with van der Waals surface area (Å²) in [5.41, 5.74) is 8.01. The van der Waals surface area contributed by atoms with E-state index in [2.05, 4.69) is 91.0 Å². The fourth-order valence-electron chi connectivity index (χ4n) is 5.21. The summed E-state index contributed by atoms with van der Waals surface area (Å²) >= 11 is 0. The van der Waals surface area contributed by atoms with Crippen molar-refractivity contribution in [3.63, 3.8) is 0 Å². The van der Waals surface area contributed by atoms with Gasteiger partial charge in [-0.3, -0.25) is 0 Å². The maximum Gasteiger partial charge on any atom is 0.416 e. The van der Waals surface area contributed by atoms with Crippen LogP contribution in [0.2, 0.25) is 0 Å². The summed E-state index contributed by atoms with van der Waals surface area (Å²) in [5, 5.41) is 2.54. The SMILES string of the molecule is FC(F)(F)c1ccc(-c2ccc(-c3cccc(-c4ccc(/C5=C/C=c6/cccc/c6=C/CC5)cc4)c3)cc2)cc1. The first kappa shape index (κ1) is 25.6. The summed E-state index contributed by atoms with van der Waals surface area (Å²) in [6, 6.07) is 38.9. The predicted octanol–water partition coefficient (Wildman–Crippen LogP) is 9.14. The second-order valence-corrected chi connectivity index (χ2v) is 10.0. The molecule has 0 bridgehead atoms. The molecule has 0 saturated heterocycles. The predicted molar refractivity (Wildman–Crippen MR) is 160 cm³/mol. The molecule has 5 aromatic rings. The minimum atomic E-state index is -4.33. The number of hydrogen-bond acceptors (Lipinski definition) is 0. The Bertz CT molecular complexity index is 1790. The average molecular weight is 529 g/mol. The molecule has 0 spiro atoms. The van der Waals surface area contributed by atoms with Crippen LogP contribution in [0.1, 0.15) is 24.0 Å². The third kappa shape index (κ3) is 5.55. The lowest BCUT2D eigenvalue weighted by Crippen LogP contribution is -2.23. The topological polar surface area (TPSA) is 0 Å². The molecule has 5 aromatic carbocycles. The van der Waals surface area contributed by atoms with Gasteiger partial charge in [-0.2, -0.15) is 13.2 Å². The molecular weight excluding hydrogens is 501 g/mol. The van der Waals surface area contributed by atoms with Gasteiger partial charge in [0.15, 0.2) is 0 Å². The summed E-state index contributed by atoms with van der Waals surface area (Å²) in [7, 11) is 0. The Balaban J connectivity index is 1.21. The van der Waals surface area contributed by atoms with Crippen molar-refractivity contribution in [3.05, 3.63) is 149 Å². The second kappa shape index (κ2) is 10.9. The number of benzene rings is 5. The van der Waals surface area contributed by atoms with Crippen LogP contribution in [0.5, 0.6) is 0 Å². The first-order valence-electron chi connectivity index (χ1n) is 13.4. The summed E-state index contributed by atoms with van der Waals surface area (Å²) in [4.78, 5) is 0. The van der Waals surface area contributed by atoms with E-state index < -0.39 is 11.7 Å². The number of alkyl halides is 3. The minimum Gasteiger partial charge on any atom is -0.166 e. The fourth-order valence-corrected chi connectivity index (χ4v) is 5.21. The monoisotopic (exact) mass is 528 g/mol. The van der Waals surface area contributed by atoms with Crippen molar-refractivity contribution in [2.45, 2.75) is 19.0 Å². The van der Waals surface area contributed by atoms with Crippen molar-refractivity contribution in [2.24, 2.45) is 0 Å². The number of hydrogen-bond donors (Lipinski definition) is 0. The molecule has 0 unspecified atom stereocenters. The van der Waals surface area contributed by atoms with Crippen molar-refractivity contribution in [1.82, 2.24) is 0 Å². The van der Waals surface area contributed by atoms with E-state index in [1.54, 1.807) is 0 Å². The zero-order valence-electron chi connectivity index (χ0n) is 21.8. The highest BCUT2D eigenvalue weighted by Crippen LogP contribution is 2.33. The van der Waals surface area contributed by atoms with E-state index in [4.69, 9.17) is 0 Å². The molecule has 0 amide bonds. The van der Waals surface area contributed by atoms with Gasteiger partial charge in [-0.15, -0.1) is 0 Å². The summed E-state index contributed by atoms with van der Waals surface area (Å²) in [6.07, 6.45) is 4.45. The zero-order valence-corrected chi connectivity index (χ0v) is 21.8. The van der Waals surface area contributed by atoms with Crippen LogP contribution in [0.15, 0.2) is 127 Å². The Morgan fingerprint density at radius 2 is 0.950 bits per heavy atom. The molecule has 0 atom stereocenters. The smallest absolute Gasteiger partial charge is 0.166 e. The quantitative estimate of drug-likeness (QED) is 0.218. The third-order valence-electron chi connectivity index (χ3n) is 7.45. The second-order valence-electron chi connectivity index (χ2n) is 10.0. The van der Waals surface area contributed by atoms with Crippen LogP contribution in [0.3, 0.4) is 0 Å². The highest BCUT2D eigenvalue weighted by molar-refractivity contribution is 5.77. The highest BCUT2D eigenvalue weighted by atomic mass is 19.4. The van der Waals surface area contributed by atoms with E-state index in [0.29, 0.717) is 0 Å². The standard InChI is InChI=1S/C37H27F3/c38-37(39,40)36-23-21-31(22-24-36)30-15-19-33(20-16-30)35-10-4-9-34(25-35)32-17-13-29(14-18-32)28-8-3-7-26-5-1-2-6-27(26)11-12-28/h1-2,4-7,9-25H,3,8H2/b26-7-,27-11-,28-12+. The lowest BCUT2D eigenvalue weighted by Gasteiger charge is -2.11. The van der Waals surface area contributed by atoms with E-state index in [9.17, 15) is 13.2 Å². The van der Waals surface area contributed by atoms with Gasteiger partial charge in [-0.1, -0.05) is 121 Å². The van der Waals surface area contributed by atoms with Crippen LogP contribution in [0, 0.1) is 0 Å². The minimum absolute atomic E-state index is 0.637. The number of rotatable bonds is 4. The van der Waals surface area contributed by atoms with E-state index in [0.717, 1.165) is 58.4 Å². The highest BCUT2D eigenvalue weighted by Gasteiger charge is 2.29. The molecule has 0 heterocycles. The van der Waals surface area contributed by atoms with Gasteiger partial charge in [0.1, 0.15) is 0 Å². The van der Waals surface area contributed by atoms with Crippen LogP contribution >= 0.6 is 0 Å². The number of allylic oxidation sites excluding steroid dienone is 2. The van der Waals surface area contributed by atoms with E-state index in [-0.39, 0.29) is 0 Å². The maximum atomic E-state index is 12.9. The van der Waals surface area contributed by atoms with Crippen LogP contribution in [-0.2, 0) is 6.18 Å². The molecular formula is C37H27F3. The molecule has 0 aliphatic heterocycles. The fraction of sp³-hybridized carbons (Fsp3) is 0.0811. The van der Waals surface area contributed by atoms with Crippen molar-refractivity contribution in [1.29, 1.82) is 0 Å². The molecule has 0 radical (unpaired) electrons. The van der Waals surface area contributed by atoms with Gasteiger partial charge >= 0.3 is 6.18 Å². The van der Waals surface area contributed by atoms with Crippen LogP contribution in [0.4, 0.5) is 13.2 Å². The summed E-state index contributed by atoms with van der Waals surface area (Å²) in [6.45, 7) is 0. The van der Waals surface area contributed by atoms with E-state index in [1.807, 2.05) is 24.3 Å². The van der Waals surface area contributed by atoms with E-state index >= 15 is 0 Å². The van der Waals surface area contributed by atoms with Gasteiger partial charge in [-0.25, -0.2) is 0 Å². The van der Waals surface area contributed by atoms with Crippen LogP contribution in [-0.4, -0.2) is 0 Å². The van der Waals surface area contributed by atoms with Gasteiger partial charge in [0.25, 0.3) is 0 Å². The first-order chi connectivity index (χ1) is 19.4. The lowest BCUT2D eigenvalue weighted by molar-refractivity contribution is -0.137. The van der Waals surface area contributed by atoms with Crippen molar-refractivity contribution in [2.75, 3.05) is 0 Å². The molecule has 0 N–H and O–H groups in total. The largest absolute Gasteiger partial charge is 0.416 e. The Morgan fingerprint density at radius 1 is 0.450 bits per heavy atom. The average Bonchev–Trinajstić information content (AvgIpc) is 2.98. The molecule has 0 nitrogen and oxygen atoms in total. The first-order valence-corrected chi connectivity index (χ1v) is 13.4. The molecule has 196 valence electrons. The van der Waals surface area contributed by atoms with Gasteiger partial charge in [0.2, 0.25) is 0 Å². The Hall–Kier alpha value is -4.63. The molecule has 40 heavy (non-hydrogen) atoms. The third-order valence-corrected chi connectivity index (χ3v) is 7.45. The molecule has 1 aliphatic carbocycles. The van der Waals surface area contributed by atoms with Crippen molar-refractivity contribution >= 4 is 17.7 Å². The lowest BCUT2D eigenvalue weighted by atomic mass is 9.94. The Kier molecular flexibility index (Phi) is 6.96. The number of fused-ring (bicyclic) bond motifs is 1. The summed E-state index contributed by atoms with van der Waals surface area (Å²) in [5.74, 6) is 0. The van der Waals surface area contributed by atoms with Gasteiger partial charge < -0.3 is 0 Å².